The number of carbonyl (C=O) groups is 1. The third-order valence-electron chi connectivity index (χ3n) is 6.61. The summed E-state index contributed by atoms with van der Waals surface area (Å²) in [5, 5.41) is 2.85. The Balaban J connectivity index is 1.49. The molecular formula is C27H33BN4O3. The number of nitrogens with two attached hydrogens (primary N) is 1. The van der Waals surface area contributed by atoms with Gasteiger partial charge in [0.05, 0.1) is 22.6 Å². The van der Waals surface area contributed by atoms with Gasteiger partial charge >= 0.3 is 7.12 Å². The number of nitrogen functional groups attached to an aromatic ring is 1. The van der Waals surface area contributed by atoms with Crippen molar-refractivity contribution in [2.45, 2.75) is 45.4 Å². The minimum absolute atomic E-state index is 0.256. The van der Waals surface area contributed by atoms with E-state index in [1.165, 1.54) is 0 Å². The predicted octanol–water partition coefficient (Wildman–Crippen LogP) is 3.94. The molecule has 182 valence electrons. The minimum Gasteiger partial charge on any atom is -0.399 e. The van der Waals surface area contributed by atoms with Crippen LogP contribution in [0.25, 0.3) is 11.3 Å². The summed E-state index contributed by atoms with van der Waals surface area (Å²) in [6.07, 6.45) is 0. The van der Waals surface area contributed by atoms with E-state index in [4.69, 9.17) is 15.0 Å². The molecular weight excluding hydrogens is 439 g/mol. The highest BCUT2D eigenvalue weighted by molar-refractivity contribution is 6.62. The normalized spacial score (nSPS) is 16.5. The van der Waals surface area contributed by atoms with E-state index in [1.54, 1.807) is 6.07 Å². The molecule has 8 heteroatoms. The van der Waals surface area contributed by atoms with E-state index in [-0.39, 0.29) is 5.91 Å². The fraction of sp³-hybridized carbons (Fsp3) is 0.333. The van der Waals surface area contributed by atoms with E-state index in [0.717, 1.165) is 23.1 Å². The molecule has 0 aliphatic carbocycles. The van der Waals surface area contributed by atoms with Crippen LogP contribution >= 0.6 is 0 Å². The van der Waals surface area contributed by atoms with E-state index in [9.17, 15) is 4.79 Å². The minimum atomic E-state index is -0.424. The number of pyridine rings is 1. The van der Waals surface area contributed by atoms with Gasteiger partial charge in [0.15, 0.2) is 5.82 Å². The second kappa shape index (κ2) is 9.45. The molecule has 0 spiro atoms. The second-order valence-electron chi connectivity index (χ2n) is 10.2. The molecule has 4 rings (SSSR count). The quantitative estimate of drug-likeness (QED) is 0.529. The smallest absolute Gasteiger partial charge is 0.399 e. The molecule has 1 aliphatic heterocycles. The van der Waals surface area contributed by atoms with E-state index >= 15 is 0 Å². The predicted molar refractivity (Wildman–Crippen MR) is 142 cm³/mol. The number of aromatic nitrogens is 1. The molecule has 0 saturated carbocycles. The first kappa shape index (κ1) is 24.9. The lowest BCUT2D eigenvalue weighted by Crippen LogP contribution is -2.41. The van der Waals surface area contributed by atoms with Gasteiger partial charge in [-0.15, -0.1) is 0 Å². The Labute approximate surface area is 207 Å². The van der Waals surface area contributed by atoms with Crippen LogP contribution in [-0.4, -0.2) is 48.2 Å². The van der Waals surface area contributed by atoms with Crippen molar-refractivity contribution in [3.8, 4) is 11.3 Å². The zero-order valence-corrected chi connectivity index (χ0v) is 21.3. The molecule has 0 atom stereocenters. The van der Waals surface area contributed by atoms with Crippen molar-refractivity contribution in [1.29, 1.82) is 0 Å². The van der Waals surface area contributed by atoms with Crippen molar-refractivity contribution in [3.05, 3.63) is 71.8 Å². The summed E-state index contributed by atoms with van der Waals surface area (Å²) in [4.78, 5) is 19.5. The van der Waals surface area contributed by atoms with Crippen LogP contribution in [0.15, 0.2) is 60.7 Å². The van der Waals surface area contributed by atoms with E-state index in [2.05, 4.69) is 15.2 Å². The first-order chi connectivity index (χ1) is 16.4. The first-order valence-corrected chi connectivity index (χ1v) is 11.7. The number of rotatable bonds is 6. The number of nitrogens with one attached hydrogen (secondary N) is 1. The molecule has 1 fully saturated rings. The highest BCUT2D eigenvalue weighted by atomic mass is 16.7. The Hall–Kier alpha value is -3.20. The van der Waals surface area contributed by atoms with Crippen molar-refractivity contribution in [2.75, 3.05) is 25.1 Å². The molecule has 3 N–H and O–H groups in total. The summed E-state index contributed by atoms with van der Waals surface area (Å²) >= 11 is 0. The third-order valence-corrected chi connectivity index (χ3v) is 6.61. The molecule has 1 saturated heterocycles. The molecule has 3 aromatic rings. The molecule has 0 bridgehead atoms. The summed E-state index contributed by atoms with van der Waals surface area (Å²) in [7, 11) is 3.59. The maximum Gasteiger partial charge on any atom is 0.494 e. The molecule has 1 aliphatic rings. The van der Waals surface area contributed by atoms with Gasteiger partial charge in [-0.05, 0) is 77.1 Å². The summed E-state index contributed by atoms with van der Waals surface area (Å²) in [6, 6.07) is 19.0. The van der Waals surface area contributed by atoms with Crippen molar-refractivity contribution < 1.29 is 14.1 Å². The van der Waals surface area contributed by atoms with Gasteiger partial charge in [-0.25, -0.2) is 4.98 Å². The lowest BCUT2D eigenvalue weighted by atomic mass is 9.79. The van der Waals surface area contributed by atoms with Gasteiger partial charge < -0.3 is 25.3 Å². The van der Waals surface area contributed by atoms with Gasteiger partial charge in [0.25, 0.3) is 5.91 Å². The topological polar surface area (TPSA) is 89.7 Å². The highest BCUT2D eigenvalue weighted by Crippen LogP contribution is 2.36. The van der Waals surface area contributed by atoms with Crippen molar-refractivity contribution in [2.24, 2.45) is 0 Å². The lowest BCUT2D eigenvalue weighted by molar-refractivity contribution is 0.00578. The third kappa shape index (κ3) is 5.40. The molecule has 2 heterocycles. The number of hydrogen-bond acceptors (Lipinski definition) is 6. The summed E-state index contributed by atoms with van der Waals surface area (Å²) in [5.41, 5.74) is 9.95. The maximum absolute atomic E-state index is 12.8. The number of nitrogens with zero attached hydrogens (tertiary/aromatic N) is 2. The van der Waals surface area contributed by atoms with E-state index in [1.807, 2.05) is 96.4 Å². The number of benzene rings is 2. The molecule has 0 radical (unpaired) electrons. The zero-order chi connectivity index (χ0) is 25.4. The number of hydrogen-bond donors (Lipinski definition) is 2. The largest absolute Gasteiger partial charge is 0.494 e. The van der Waals surface area contributed by atoms with Crippen LogP contribution in [0.2, 0.25) is 0 Å². The average molecular weight is 472 g/mol. The fourth-order valence-corrected chi connectivity index (χ4v) is 3.83. The Morgan fingerprint density at radius 2 is 1.54 bits per heavy atom. The molecule has 2 aromatic carbocycles. The lowest BCUT2D eigenvalue weighted by Gasteiger charge is -2.32. The van der Waals surface area contributed by atoms with Crippen LogP contribution in [0.3, 0.4) is 0 Å². The van der Waals surface area contributed by atoms with Crippen LogP contribution in [0.4, 0.5) is 11.5 Å². The van der Waals surface area contributed by atoms with Gasteiger partial charge in [-0.2, -0.15) is 0 Å². The van der Waals surface area contributed by atoms with Crippen molar-refractivity contribution >= 4 is 30.0 Å². The SMILES string of the molecule is CN(C)Cc1ccc(C(=O)Nc2nc(-c3ccc(B4OC(C)(C)C(C)(C)O4)cc3)ccc2N)cc1. The van der Waals surface area contributed by atoms with Crippen LogP contribution in [-0.2, 0) is 15.9 Å². The van der Waals surface area contributed by atoms with Gasteiger partial charge in [0, 0.05) is 17.7 Å². The van der Waals surface area contributed by atoms with E-state index in [0.29, 0.717) is 22.8 Å². The van der Waals surface area contributed by atoms with Crippen LogP contribution in [0.5, 0.6) is 0 Å². The van der Waals surface area contributed by atoms with Crippen molar-refractivity contribution in [3.63, 3.8) is 0 Å². The zero-order valence-electron chi connectivity index (χ0n) is 21.3. The van der Waals surface area contributed by atoms with Crippen LogP contribution in [0, 0.1) is 0 Å². The van der Waals surface area contributed by atoms with Gasteiger partial charge in [-0.3, -0.25) is 4.79 Å². The second-order valence-corrected chi connectivity index (χ2v) is 10.2. The number of anilines is 2. The average Bonchev–Trinajstić information content (AvgIpc) is 3.02. The molecule has 35 heavy (non-hydrogen) atoms. The van der Waals surface area contributed by atoms with Gasteiger partial charge in [0.1, 0.15) is 0 Å². The maximum atomic E-state index is 12.8. The van der Waals surface area contributed by atoms with Crippen LogP contribution in [0.1, 0.15) is 43.6 Å². The van der Waals surface area contributed by atoms with Gasteiger partial charge in [-0.1, -0.05) is 36.4 Å². The Bertz CT molecular complexity index is 1190. The Morgan fingerprint density at radius 3 is 2.11 bits per heavy atom. The Kier molecular flexibility index (Phi) is 6.73. The summed E-state index contributed by atoms with van der Waals surface area (Å²) in [5.74, 6) is 0.0776. The molecule has 1 aromatic heterocycles. The standard InChI is InChI=1S/C27H33BN4O3/c1-26(2)27(3,4)35-28(34-26)21-13-11-19(12-14-21)23-16-15-22(29)24(30-23)31-25(33)20-9-7-18(8-10-20)17-32(5)6/h7-16H,17,29H2,1-6H3,(H,30,31,33). The molecule has 1 amide bonds. The van der Waals surface area contributed by atoms with Crippen molar-refractivity contribution in [1.82, 2.24) is 9.88 Å². The number of amides is 1. The Morgan fingerprint density at radius 1 is 0.943 bits per heavy atom. The van der Waals surface area contributed by atoms with Gasteiger partial charge in [0.2, 0.25) is 0 Å². The van der Waals surface area contributed by atoms with Crippen LogP contribution < -0.4 is 16.5 Å². The fourth-order valence-electron chi connectivity index (χ4n) is 3.83. The molecule has 0 unspecified atom stereocenters. The van der Waals surface area contributed by atoms with E-state index < -0.39 is 18.3 Å². The monoisotopic (exact) mass is 472 g/mol. The molecule has 7 nitrogen and oxygen atoms in total. The summed E-state index contributed by atoms with van der Waals surface area (Å²) in [6.45, 7) is 8.95. The summed E-state index contributed by atoms with van der Waals surface area (Å²) < 4.78 is 12.3. The first-order valence-electron chi connectivity index (χ1n) is 11.7. The number of carbonyl (C=O) groups excluding carboxylic acids is 1. The highest BCUT2D eigenvalue weighted by Gasteiger charge is 2.51.